The van der Waals surface area contributed by atoms with Crippen LogP contribution in [0.4, 0.5) is 0 Å². The van der Waals surface area contributed by atoms with E-state index in [1.54, 1.807) is 14.2 Å². The molecule has 2 aromatic carbocycles. The van der Waals surface area contributed by atoms with Crippen LogP contribution in [0.2, 0.25) is 0 Å². The zero-order chi connectivity index (χ0) is 15.5. The average Bonchev–Trinajstić information content (AvgIpc) is 3.00. The van der Waals surface area contributed by atoms with Gasteiger partial charge in [-0.2, -0.15) is 0 Å². The zero-order valence-electron chi connectivity index (χ0n) is 12.8. The molecule has 0 bridgehead atoms. The Morgan fingerprint density at radius 1 is 1.05 bits per heavy atom. The van der Waals surface area contributed by atoms with E-state index < -0.39 is 0 Å². The van der Waals surface area contributed by atoms with Crippen LogP contribution in [0, 0.1) is 0 Å². The Bertz CT molecular complexity index is 682. The van der Waals surface area contributed by atoms with E-state index in [2.05, 4.69) is 11.4 Å². The van der Waals surface area contributed by atoms with Gasteiger partial charge in [0.1, 0.15) is 11.5 Å². The second-order valence-electron chi connectivity index (χ2n) is 5.37. The summed E-state index contributed by atoms with van der Waals surface area (Å²) in [6, 6.07) is 14.1. The summed E-state index contributed by atoms with van der Waals surface area (Å²) >= 11 is 0. The minimum atomic E-state index is 0.0872. The van der Waals surface area contributed by atoms with Crippen LogP contribution in [0.5, 0.6) is 11.5 Å². The summed E-state index contributed by atoms with van der Waals surface area (Å²) in [5.41, 5.74) is 3.14. The van der Waals surface area contributed by atoms with Crippen molar-refractivity contribution in [1.29, 1.82) is 0 Å². The van der Waals surface area contributed by atoms with Gasteiger partial charge >= 0.3 is 0 Å². The average molecular weight is 297 g/mol. The van der Waals surface area contributed by atoms with Crippen molar-refractivity contribution in [3.63, 3.8) is 0 Å². The quantitative estimate of drug-likeness (QED) is 0.944. The highest BCUT2D eigenvalue weighted by Crippen LogP contribution is 2.40. The smallest absolute Gasteiger partial charge is 0.220 e. The summed E-state index contributed by atoms with van der Waals surface area (Å²) in [7, 11) is 3.30. The molecule has 4 heteroatoms. The van der Waals surface area contributed by atoms with Crippen molar-refractivity contribution in [3.8, 4) is 22.6 Å². The fraction of sp³-hybridized carbons (Fsp3) is 0.278. The minimum absolute atomic E-state index is 0.0872. The Hall–Kier alpha value is -2.49. The fourth-order valence-corrected chi connectivity index (χ4v) is 2.91. The lowest BCUT2D eigenvalue weighted by Gasteiger charge is -2.18. The number of ether oxygens (including phenoxy) is 2. The second-order valence-corrected chi connectivity index (χ2v) is 5.37. The van der Waals surface area contributed by atoms with Crippen LogP contribution in [0.1, 0.15) is 17.9 Å². The first-order valence-corrected chi connectivity index (χ1v) is 7.31. The molecule has 0 saturated carbocycles. The van der Waals surface area contributed by atoms with Crippen molar-refractivity contribution in [2.75, 3.05) is 20.8 Å². The van der Waals surface area contributed by atoms with E-state index >= 15 is 0 Å². The molecule has 4 nitrogen and oxygen atoms in total. The zero-order valence-corrected chi connectivity index (χ0v) is 12.8. The van der Waals surface area contributed by atoms with E-state index in [-0.39, 0.29) is 11.8 Å². The van der Waals surface area contributed by atoms with Gasteiger partial charge in [0.05, 0.1) is 14.2 Å². The SMILES string of the molecule is COc1cc(OC)c(C2CNC(=O)C2)cc1-c1ccccc1. The van der Waals surface area contributed by atoms with E-state index in [9.17, 15) is 4.79 Å². The van der Waals surface area contributed by atoms with Crippen molar-refractivity contribution in [2.24, 2.45) is 0 Å². The molecule has 1 aliphatic heterocycles. The van der Waals surface area contributed by atoms with Gasteiger partial charge in [0, 0.05) is 36.1 Å². The van der Waals surface area contributed by atoms with Crippen LogP contribution < -0.4 is 14.8 Å². The van der Waals surface area contributed by atoms with Gasteiger partial charge in [-0.25, -0.2) is 0 Å². The Kier molecular flexibility index (Phi) is 4.00. The topological polar surface area (TPSA) is 47.6 Å². The number of methoxy groups -OCH3 is 2. The molecular weight excluding hydrogens is 278 g/mol. The highest BCUT2D eigenvalue weighted by molar-refractivity contribution is 5.80. The molecule has 1 unspecified atom stereocenters. The Morgan fingerprint density at radius 2 is 1.77 bits per heavy atom. The number of benzene rings is 2. The van der Waals surface area contributed by atoms with Gasteiger partial charge in [-0.1, -0.05) is 30.3 Å². The molecule has 1 atom stereocenters. The molecule has 0 aliphatic carbocycles. The third-order valence-corrected chi connectivity index (χ3v) is 4.05. The lowest BCUT2D eigenvalue weighted by molar-refractivity contribution is -0.119. The number of hydrogen-bond donors (Lipinski definition) is 1. The Labute approximate surface area is 130 Å². The summed E-state index contributed by atoms with van der Waals surface area (Å²) in [6.45, 7) is 0.649. The van der Waals surface area contributed by atoms with Gasteiger partial charge in [-0.15, -0.1) is 0 Å². The molecule has 1 N–H and O–H groups in total. The Morgan fingerprint density at radius 3 is 2.36 bits per heavy atom. The van der Waals surface area contributed by atoms with Crippen molar-refractivity contribution in [1.82, 2.24) is 5.32 Å². The van der Waals surface area contributed by atoms with Crippen LogP contribution >= 0.6 is 0 Å². The number of carbonyl (C=O) groups is 1. The third-order valence-electron chi connectivity index (χ3n) is 4.05. The van der Waals surface area contributed by atoms with Gasteiger partial charge in [0.15, 0.2) is 0 Å². The Balaban J connectivity index is 2.11. The highest BCUT2D eigenvalue weighted by Gasteiger charge is 2.27. The van der Waals surface area contributed by atoms with Crippen molar-refractivity contribution in [2.45, 2.75) is 12.3 Å². The van der Waals surface area contributed by atoms with E-state index in [1.165, 1.54) is 0 Å². The molecule has 0 radical (unpaired) electrons. The number of nitrogens with one attached hydrogen (secondary N) is 1. The lowest BCUT2D eigenvalue weighted by atomic mass is 9.92. The molecule has 1 fully saturated rings. The maximum atomic E-state index is 11.5. The summed E-state index contributed by atoms with van der Waals surface area (Å²) in [6.07, 6.45) is 0.497. The molecular formula is C18H19NO3. The van der Waals surface area contributed by atoms with Crippen molar-refractivity contribution in [3.05, 3.63) is 48.0 Å². The van der Waals surface area contributed by atoms with E-state index in [0.717, 1.165) is 28.2 Å². The van der Waals surface area contributed by atoms with Crippen LogP contribution in [0.25, 0.3) is 11.1 Å². The predicted molar refractivity (Wildman–Crippen MR) is 85.3 cm³/mol. The molecule has 22 heavy (non-hydrogen) atoms. The molecule has 0 spiro atoms. The maximum Gasteiger partial charge on any atom is 0.220 e. The van der Waals surface area contributed by atoms with Gasteiger partial charge in [-0.05, 0) is 11.6 Å². The summed E-state index contributed by atoms with van der Waals surface area (Å²) < 4.78 is 11.0. The summed E-state index contributed by atoms with van der Waals surface area (Å²) in [4.78, 5) is 11.5. The van der Waals surface area contributed by atoms with E-state index in [0.29, 0.717) is 13.0 Å². The first-order valence-electron chi connectivity index (χ1n) is 7.31. The summed E-state index contributed by atoms with van der Waals surface area (Å²) in [5, 5.41) is 2.88. The minimum Gasteiger partial charge on any atom is -0.496 e. The van der Waals surface area contributed by atoms with E-state index in [1.807, 2.05) is 36.4 Å². The fourth-order valence-electron chi connectivity index (χ4n) is 2.91. The summed E-state index contributed by atoms with van der Waals surface area (Å²) in [5.74, 6) is 1.75. The highest BCUT2D eigenvalue weighted by atomic mass is 16.5. The molecule has 1 aliphatic rings. The standard InChI is InChI=1S/C18H19NO3/c1-21-16-10-17(22-2)15(13-8-18(20)19-11-13)9-14(16)12-6-4-3-5-7-12/h3-7,9-10,13H,8,11H2,1-2H3,(H,19,20). The van der Waals surface area contributed by atoms with Crippen LogP contribution in [0.15, 0.2) is 42.5 Å². The first-order chi connectivity index (χ1) is 10.7. The van der Waals surface area contributed by atoms with Gasteiger partial charge in [0.2, 0.25) is 5.91 Å². The number of amides is 1. The largest absolute Gasteiger partial charge is 0.496 e. The van der Waals surface area contributed by atoms with Gasteiger partial charge in [0.25, 0.3) is 0 Å². The number of hydrogen-bond acceptors (Lipinski definition) is 3. The van der Waals surface area contributed by atoms with Crippen molar-refractivity contribution >= 4 is 5.91 Å². The third kappa shape index (κ3) is 2.64. The molecule has 2 aromatic rings. The molecule has 1 heterocycles. The lowest BCUT2D eigenvalue weighted by Crippen LogP contribution is -2.13. The predicted octanol–water partition coefficient (Wildman–Crippen LogP) is 2.97. The van der Waals surface area contributed by atoms with E-state index in [4.69, 9.17) is 9.47 Å². The maximum absolute atomic E-state index is 11.5. The monoisotopic (exact) mass is 297 g/mol. The molecule has 1 saturated heterocycles. The molecule has 114 valence electrons. The normalized spacial score (nSPS) is 17.2. The van der Waals surface area contributed by atoms with Gasteiger partial charge in [-0.3, -0.25) is 4.79 Å². The molecule has 0 aromatic heterocycles. The molecule has 1 amide bonds. The number of rotatable bonds is 4. The number of carbonyl (C=O) groups excluding carboxylic acids is 1. The van der Waals surface area contributed by atoms with Crippen LogP contribution in [0.3, 0.4) is 0 Å². The molecule has 3 rings (SSSR count). The first kappa shape index (κ1) is 14.4. The van der Waals surface area contributed by atoms with Crippen LogP contribution in [-0.2, 0) is 4.79 Å². The van der Waals surface area contributed by atoms with Crippen LogP contribution in [-0.4, -0.2) is 26.7 Å². The second kappa shape index (κ2) is 6.10. The van der Waals surface area contributed by atoms with Crippen molar-refractivity contribution < 1.29 is 14.3 Å². The van der Waals surface area contributed by atoms with Gasteiger partial charge < -0.3 is 14.8 Å².